The third-order valence-corrected chi connectivity index (χ3v) is 5.13. The van der Waals surface area contributed by atoms with Crippen molar-refractivity contribution in [3.63, 3.8) is 0 Å². The monoisotopic (exact) mass is 456 g/mol. The Kier molecular flexibility index (Phi) is 9.49. The molecule has 0 amide bonds. The number of halogens is 3. The average Bonchev–Trinajstić information content (AvgIpc) is 3.00. The van der Waals surface area contributed by atoms with Crippen LogP contribution in [0.4, 0.5) is 13.2 Å². The largest absolute Gasteiger partial charge is 0.466 e. The van der Waals surface area contributed by atoms with E-state index >= 15 is 0 Å². The molecule has 0 radical (unpaired) electrons. The summed E-state index contributed by atoms with van der Waals surface area (Å²) >= 11 is 0. The lowest BCUT2D eigenvalue weighted by atomic mass is 9.90. The molecule has 1 aliphatic rings. The van der Waals surface area contributed by atoms with Crippen LogP contribution in [0.15, 0.2) is 60.7 Å². The summed E-state index contributed by atoms with van der Waals surface area (Å²) in [6.07, 6.45) is 2.77. The summed E-state index contributed by atoms with van der Waals surface area (Å²) in [7, 11) is 1.28. The summed E-state index contributed by atoms with van der Waals surface area (Å²) in [4.78, 5) is 11.0. The molecule has 1 aromatic rings. The number of aliphatic hydroxyl groups excluding tert-OH is 3. The van der Waals surface area contributed by atoms with Crippen molar-refractivity contribution in [3.8, 4) is 5.75 Å². The van der Waals surface area contributed by atoms with Crippen LogP contribution in [-0.4, -0.2) is 46.9 Å². The molecule has 0 unspecified atom stereocenters. The van der Waals surface area contributed by atoms with E-state index in [4.69, 9.17) is 4.74 Å². The van der Waals surface area contributed by atoms with Crippen molar-refractivity contribution in [2.24, 2.45) is 11.8 Å². The molecule has 1 aromatic carbocycles. The normalized spacial score (nSPS) is 25.1. The van der Waals surface area contributed by atoms with E-state index in [2.05, 4.69) is 4.74 Å². The van der Waals surface area contributed by atoms with E-state index in [9.17, 15) is 33.3 Å². The predicted molar refractivity (Wildman–Crippen MR) is 110 cm³/mol. The van der Waals surface area contributed by atoms with E-state index in [1.165, 1.54) is 37.5 Å². The number of hydrogen-bond acceptors (Lipinski definition) is 6. The van der Waals surface area contributed by atoms with Crippen molar-refractivity contribution in [1.29, 1.82) is 0 Å². The third kappa shape index (κ3) is 7.81. The van der Waals surface area contributed by atoms with Gasteiger partial charge in [0.1, 0.15) is 5.75 Å². The quantitative estimate of drug-likeness (QED) is 0.228. The molecule has 0 spiro atoms. The lowest BCUT2D eigenvalue weighted by Gasteiger charge is -2.20. The van der Waals surface area contributed by atoms with Gasteiger partial charge >= 0.3 is 12.1 Å². The second kappa shape index (κ2) is 11.8. The summed E-state index contributed by atoms with van der Waals surface area (Å²) in [6.45, 7) is 0. The molecule has 2 rings (SSSR count). The average molecular weight is 456 g/mol. The van der Waals surface area contributed by atoms with Gasteiger partial charge in [-0.25, -0.2) is 4.79 Å². The Morgan fingerprint density at radius 2 is 1.97 bits per heavy atom. The summed E-state index contributed by atoms with van der Waals surface area (Å²) < 4.78 is 48.0. The maximum atomic E-state index is 12.8. The van der Waals surface area contributed by atoms with Crippen LogP contribution < -0.4 is 4.74 Å². The minimum absolute atomic E-state index is 0.150. The van der Waals surface area contributed by atoms with Gasteiger partial charge in [-0.15, -0.1) is 0 Å². The molecule has 5 atom stereocenters. The fourth-order valence-corrected chi connectivity index (χ4v) is 3.51. The Morgan fingerprint density at radius 3 is 2.66 bits per heavy atom. The maximum Gasteiger partial charge on any atom is 0.416 e. The SMILES string of the molecule is COC(=O)/C=C/C/C=C\C[C@@H]1[C@@H](/C=C/[C@@H](O)Oc2cccc(C(F)(F)F)c2)[C@H](O)C[C@@H]1O. The number of allylic oxidation sites excluding steroid dienone is 3. The Labute approximate surface area is 184 Å². The number of hydrogen-bond donors (Lipinski definition) is 3. The van der Waals surface area contributed by atoms with Gasteiger partial charge in [0.05, 0.1) is 24.9 Å². The van der Waals surface area contributed by atoms with Crippen molar-refractivity contribution in [2.45, 2.75) is 43.9 Å². The summed E-state index contributed by atoms with van der Waals surface area (Å²) in [5.41, 5.74) is -0.895. The topological polar surface area (TPSA) is 96.2 Å². The number of carbonyl (C=O) groups is 1. The van der Waals surface area contributed by atoms with E-state index in [1.807, 2.05) is 12.2 Å². The molecule has 1 aliphatic carbocycles. The molecule has 0 heterocycles. The van der Waals surface area contributed by atoms with Gasteiger partial charge in [-0.1, -0.05) is 30.4 Å². The number of carbonyl (C=O) groups excluding carboxylic acids is 1. The second-order valence-corrected chi connectivity index (χ2v) is 7.40. The van der Waals surface area contributed by atoms with E-state index in [1.54, 1.807) is 6.08 Å². The van der Waals surface area contributed by atoms with Crippen LogP contribution in [0.1, 0.15) is 24.8 Å². The highest BCUT2D eigenvalue weighted by Gasteiger charge is 2.39. The molecule has 6 nitrogen and oxygen atoms in total. The van der Waals surface area contributed by atoms with Gasteiger partial charge in [0.25, 0.3) is 0 Å². The van der Waals surface area contributed by atoms with E-state index in [-0.39, 0.29) is 18.1 Å². The zero-order valence-corrected chi connectivity index (χ0v) is 17.5. The first kappa shape index (κ1) is 25.6. The highest BCUT2D eigenvalue weighted by Crippen LogP contribution is 2.36. The van der Waals surface area contributed by atoms with Crippen LogP contribution >= 0.6 is 0 Å². The molecule has 0 aliphatic heterocycles. The molecule has 3 N–H and O–H groups in total. The van der Waals surface area contributed by atoms with E-state index < -0.39 is 42.1 Å². The van der Waals surface area contributed by atoms with Gasteiger partial charge in [-0.3, -0.25) is 0 Å². The lowest BCUT2D eigenvalue weighted by molar-refractivity contribution is -0.138. The van der Waals surface area contributed by atoms with Crippen molar-refractivity contribution in [3.05, 3.63) is 66.3 Å². The van der Waals surface area contributed by atoms with Crippen molar-refractivity contribution in [1.82, 2.24) is 0 Å². The van der Waals surface area contributed by atoms with Gasteiger partial charge in [-0.05, 0) is 43.0 Å². The molecule has 32 heavy (non-hydrogen) atoms. The van der Waals surface area contributed by atoms with Gasteiger partial charge in [0, 0.05) is 18.4 Å². The summed E-state index contributed by atoms with van der Waals surface area (Å²) in [5.74, 6) is -1.39. The standard InChI is InChI=1S/C23H27F3O6/c1-31-21(29)10-5-3-2-4-9-17-18(20(28)14-19(17)27)11-12-22(30)32-16-8-6-7-15(13-16)23(24,25)26/h2,4-8,10-13,17-20,22,27-28,30H,3,9,14H2,1H3/b4-2-,10-5+,12-11+/t17-,18-,19+,20-,22+/m1/s1. The van der Waals surface area contributed by atoms with E-state index in [0.717, 1.165) is 12.1 Å². The first-order chi connectivity index (χ1) is 15.1. The number of benzene rings is 1. The molecule has 0 saturated heterocycles. The fourth-order valence-electron chi connectivity index (χ4n) is 3.51. The van der Waals surface area contributed by atoms with Crippen molar-refractivity contribution >= 4 is 5.97 Å². The highest BCUT2D eigenvalue weighted by atomic mass is 19.4. The summed E-state index contributed by atoms with van der Waals surface area (Å²) in [5, 5.41) is 30.5. The molecular weight excluding hydrogens is 429 g/mol. The van der Waals surface area contributed by atoms with E-state index in [0.29, 0.717) is 12.8 Å². The zero-order chi connectivity index (χ0) is 23.7. The Morgan fingerprint density at radius 1 is 1.22 bits per heavy atom. The Bertz CT molecular complexity index is 833. The van der Waals surface area contributed by atoms with Crippen LogP contribution in [0.3, 0.4) is 0 Å². The second-order valence-electron chi connectivity index (χ2n) is 7.40. The van der Waals surface area contributed by atoms with Gasteiger partial charge in [0.15, 0.2) is 0 Å². The number of ether oxygens (including phenoxy) is 2. The molecule has 0 aromatic heterocycles. The maximum absolute atomic E-state index is 12.8. The Hall–Kier alpha value is -2.62. The number of esters is 1. The minimum atomic E-state index is -4.53. The van der Waals surface area contributed by atoms with Gasteiger partial charge < -0.3 is 24.8 Å². The number of rotatable bonds is 9. The minimum Gasteiger partial charge on any atom is -0.466 e. The first-order valence-electron chi connectivity index (χ1n) is 10.1. The van der Waals surface area contributed by atoms with Crippen LogP contribution in [-0.2, 0) is 15.7 Å². The van der Waals surface area contributed by atoms with Gasteiger partial charge in [0.2, 0.25) is 6.29 Å². The smallest absolute Gasteiger partial charge is 0.416 e. The van der Waals surface area contributed by atoms with Crippen LogP contribution in [0.2, 0.25) is 0 Å². The third-order valence-electron chi connectivity index (χ3n) is 5.13. The number of methoxy groups -OCH3 is 1. The molecule has 176 valence electrons. The van der Waals surface area contributed by atoms with Crippen LogP contribution in [0, 0.1) is 11.8 Å². The van der Waals surface area contributed by atoms with Crippen molar-refractivity contribution in [2.75, 3.05) is 7.11 Å². The molecule has 9 heteroatoms. The Balaban J connectivity index is 1.95. The first-order valence-corrected chi connectivity index (χ1v) is 10.1. The molecule has 1 fully saturated rings. The molecule has 0 bridgehead atoms. The zero-order valence-electron chi connectivity index (χ0n) is 17.5. The van der Waals surface area contributed by atoms with Gasteiger partial charge in [-0.2, -0.15) is 13.2 Å². The molecule has 1 saturated carbocycles. The number of aliphatic hydroxyl groups is 3. The molecular formula is C23H27F3O6. The fraction of sp³-hybridized carbons (Fsp3) is 0.435. The van der Waals surface area contributed by atoms with Crippen molar-refractivity contribution < 1.29 is 42.8 Å². The predicted octanol–water partition coefficient (Wildman–Crippen LogP) is 3.38. The van der Waals surface area contributed by atoms with Crippen LogP contribution in [0.25, 0.3) is 0 Å². The lowest BCUT2D eigenvalue weighted by Crippen LogP contribution is -2.21. The number of alkyl halides is 3. The highest BCUT2D eigenvalue weighted by molar-refractivity contribution is 5.81. The summed E-state index contributed by atoms with van der Waals surface area (Å²) in [6, 6.07) is 4.15. The van der Waals surface area contributed by atoms with Crippen LogP contribution in [0.5, 0.6) is 5.75 Å².